The number of amides is 2. The van der Waals surface area contributed by atoms with Crippen LogP contribution in [0.3, 0.4) is 0 Å². The highest BCUT2D eigenvalue weighted by Crippen LogP contribution is 2.26. The first-order valence-corrected chi connectivity index (χ1v) is 15.3. The number of carbonyl (C=O) groups is 2. The molecular formula is C32H41N3O5S. The van der Waals surface area contributed by atoms with Crippen molar-refractivity contribution >= 4 is 27.5 Å². The van der Waals surface area contributed by atoms with Crippen LogP contribution in [0.25, 0.3) is 0 Å². The molecule has 0 saturated heterocycles. The third kappa shape index (κ3) is 8.10. The molecule has 0 aliphatic heterocycles. The fraction of sp³-hybridized carbons (Fsp3) is 0.375. The van der Waals surface area contributed by atoms with Gasteiger partial charge in [0.15, 0.2) is 0 Å². The molecule has 0 fully saturated rings. The van der Waals surface area contributed by atoms with Crippen molar-refractivity contribution in [3.63, 3.8) is 0 Å². The molecule has 0 bridgehead atoms. The predicted octanol–water partition coefficient (Wildman–Crippen LogP) is 5.23. The van der Waals surface area contributed by atoms with Gasteiger partial charge in [-0.3, -0.25) is 13.9 Å². The van der Waals surface area contributed by atoms with Crippen LogP contribution >= 0.6 is 0 Å². The largest absolute Gasteiger partial charge is 0.497 e. The van der Waals surface area contributed by atoms with Gasteiger partial charge in [-0.2, -0.15) is 0 Å². The van der Waals surface area contributed by atoms with Crippen LogP contribution in [0.5, 0.6) is 5.75 Å². The van der Waals surface area contributed by atoms with Crippen LogP contribution in [0, 0.1) is 13.8 Å². The number of ether oxygens (including phenoxy) is 1. The lowest BCUT2D eigenvalue weighted by Gasteiger charge is -2.33. The van der Waals surface area contributed by atoms with Crippen molar-refractivity contribution in [3.8, 4) is 5.75 Å². The van der Waals surface area contributed by atoms with Gasteiger partial charge in [-0.15, -0.1) is 0 Å². The highest BCUT2D eigenvalue weighted by molar-refractivity contribution is 7.92. The van der Waals surface area contributed by atoms with Crippen molar-refractivity contribution in [2.45, 2.75) is 71.0 Å². The molecular weight excluding hydrogens is 538 g/mol. The quantitative estimate of drug-likeness (QED) is 0.299. The first-order valence-electron chi connectivity index (χ1n) is 13.9. The second-order valence-corrected chi connectivity index (χ2v) is 12.1. The van der Waals surface area contributed by atoms with Gasteiger partial charge in [-0.1, -0.05) is 61.4 Å². The Bertz CT molecular complexity index is 1420. The number of carbonyl (C=O) groups excluding carboxylic acids is 2. The van der Waals surface area contributed by atoms with E-state index in [0.717, 1.165) is 27.4 Å². The summed E-state index contributed by atoms with van der Waals surface area (Å²) in [5.41, 5.74) is 3.19. The minimum Gasteiger partial charge on any atom is -0.497 e. The Morgan fingerprint density at radius 2 is 1.56 bits per heavy atom. The number of nitrogens with one attached hydrogen (secondary N) is 1. The normalized spacial score (nSPS) is 12.7. The molecule has 0 heterocycles. The maximum Gasteiger partial charge on any atom is 0.264 e. The molecule has 0 saturated carbocycles. The van der Waals surface area contributed by atoms with Gasteiger partial charge in [0.25, 0.3) is 10.0 Å². The number of nitrogens with zero attached hydrogens (tertiary/aromatic N) is 2. The van der Waals surface area contributed by atoms with Crippen LogP contribution in [0.1, 0.15) is 50.3 Å². The van der Waals surface area contributed by atoms with Gasteiger partial charge < -0.3 is 15.0 Å². The van der Waals surface area contributed by atoms with Gasteiger partial charge in [-0.05, 0) is 75.6 Å². The third-order valence-corrected chi connectivity index (χ3v) is 8.86. The number of aryl methyl sites for hydroxylation is 2. The smallest absolute Gasteiger partial charge is 0.264 e. The zero-order valence-corrected chi connectivity index (χ0v) is 25.6. The average Bonchev–Trinajstić information content (AvgIpc) is 2.96. The standard InChI is InChI=1S/C32H41N3O5S/c1-7-25(5)33-32(37)30(8-2)34(21-26-11-9-10-24(4)20-26)31(36)22-35(27-14-12-23(3)13-15-27)41(38,39)29-18-16-28(40-6)17-19-29/h9-20,25,30H,7-8,21-22H2,1-6H3,(H,33,37)/t25-,30-/m1/s1. The lowest BCUT2D eigenvalue weighted by Crippen LogP contribution is -2.53. The summed E-state index contributed by atoms with van der Waals surface area (Å²) in [5, 5.41) is 2.99. The molecule has 0 unspecified atom stereocenters. The molecule has 220 valence electrons. The van der Waals surface area contributed by atoms with Crippen LogP contribution in [-0.2, 0) is 26.2 Å². The van der Waals surface area contributed by atoms with E-state index in [2.05, 4.69) is 5.32 Å². The third-order valence-electron chi connectivity index (χ3n) is 7.07. The SMILES string of the molecule is CC[C@@H](C)NC(=O)[C@@H](CC)N(Cc1cccc(C)c1)C(=O)CN(c1ccc(C)cc1)S(=O)(=O)c1ccc(OC)cc1. The molecule has 3 aromatic rings. The summed E-state index contributed by atoms with van der Waals surface area (Å²) in [6.07, 6.45) is 1.12. The highest BCUT2D eigenvalue weighted by atomic mass is 32.2. The van der Waals surface area contributed by atoms with Crippen LogP contribution in [0.4, 0.5) is 5.69 Å². The van der Waals surface area contributed by atoms with E-state index in [0.29, 0.717) is 17.9 Å². The van der Waals surface area contributed by atoms with Crippen LogP contribution in [0.15, 0.2) is 77.7 Å². The van der Waals surface area contributed by atoms with Crippen molar-refractivity contribution in [1.82, 2.24) is 10.2 Å². The first kappa shape index (κ1) is 31.7. The van der Waals surface area contributed by atoms with Crippen molar-refractivity contribution in [1.29, 1.82) is 0 Å². The molecule has 0 aliphatic rings. The van der Waals surface area contributed by atoms with Crippen molar-refractivity contribution < 1.29 is 22.7 Å². The first-order chi connectivity index (χ1) is 19.5. The Kier molecular flexibility index (Phi) is 10.9. The number of benzene rings is 3. The fourth-order valence-electron chi connectivity index (χ4n) is 4.48. The van der Waals surface area contributed by atoms with E-state index in [1.54, 1.807) is 36.4 Å². The summed E-state index contributed by atoms with van der Waals surface area (Å²) in [6.45, 7) is 9.30. The second-order valence-electron chi connectivity index (χ2n) is 10.3. The Morgan fingerprint density at radius 1 is 0.902 bits per heavy atom. The van der Waals surface area contributed by atoms with Crippen LogP contribution in [0.2, 0.25) is 0 Å². The number of hydrogen-bond donors (Lipinski definition) is 1. The Hall–Kier alpha value is -3.85. The lowest BCUT2D eigenvalue weighted by atomic mass is 10.1. The molecule has 2 atom stereocenters. The molecule has 8 nitrogen and oxygen atoms in total. The number of rotatable bonds is 13. The van der Waals surface area contributed by atoms with Gasteiger partial charge >= 0.3 is 0 Å². The van der Waals surface area contributed by atoms with Gasteiger partial charge in [0, 0.05) is 12.6 Å². The average molecular weight is 580 g/mol. The van der Waals surface area contributed by atoms with Crippen LogP contribution in [-0.4, -0.2) is 50.9 Å². The molecule has 1 N–H and O–H groups in total. The zero-order chi connectivity index (χ0) is 30.2. The summed E-state index contributed by atoms with van der Waals surface area (Å²) in [5.74, 6) is -0.220. The molecule has 2 amide bonds. The van der Waals surface area contributed by atoms with Gasteiger partial charge in [0.1, 0.15) is 18.3 Å². The molecule has 0 aromatic heterocycles. The number of sulfonamides is 1. The molecule has 3 aromatic carbocycles. The van der Waals surface area contributed by atoms with Gasteiger partial charge in [0.2, 0.25) is 11.8 Å². The van der Waals surface area contributed by atoms with E-state index in [1.165, 1.54) is 24.1 Å². The molecule has 3 rings (SSSR count). The predicted molar refractivity (Wildman–Crippen MR) is 162 cm³/mol. The van der Waals surface area contributed by atoms with E-state index in [1.807, 2.05) is 58.9 Å². The fourth-order valence-corrected chi connectivity index (χ4v) is 5.90. The van der Waals surface area contributed by atoms with Crippen molar-refractivity contribution in [3.05, 3.63) is 89.5 Å². The minimum atomic E-state index is -4.15. The minimum absolute atomic E-state index is 0.0264. The molecule has 0 radical (unpaired) electrons. The maximum atomic E-state index is 14.1. The van der Waals surface area contributed by atoms with E-state index in [-0.39, 0.29) is 23.4 Å². The Morgan fingerprint density at radius 3 is 2.12 bits per heavy atom. The van der Waals surface area contributed by atoms with E-state index >= 15 is 0 Å². The Balaban J connectivity index is 2.05. The summed E-state index contributed by atoms with van der Waals surface area (Å²) in [7, 11) is -2.64. The summed E-state index contributed by atoms with van der Waals surface area (Å²) in [6, 6.07) is 19.9. The van der Waals surface area contributed by atoms with Crippen molar-refractivity contribution in [2.75, 3.05) is 18.0 Å². The monoisotopic (exact) mass is 579 g/mol. The van der Waals surface area contributed by atoms with Crippen LogP contribution < -0.4 is 14.4 Å². The Labute approximate surface area is 244 Å². The molecule has 41 heavy (non-hydrogen) atoms. The van der Waals surface area contributed by atoms with Gasteiger partial charge in [-0.25, -0.2) is 8.42 Å². The number of methoxy groups -OCH3 is 1. The molecule has 9 heteroatoms. The van der Waals surface area contributed by atoms with E-state index < -0.39 is 28.5 Å². The summed E-state index contributed by atoms with van der Waals surface area (Å²) in [4.78, 5) is 29.0. The molecule has 0 aliphatic carbocycles. The van der Waals surface area contributed by atoms with E-state index in [9.17, 15) is 18.0 Å². The highest BCUT2D eigenvalue weighted by Gasteiger charge is 2.34. The zero-order valence-electron chi connectivity index (χ0n) is 24.8. The van der Waals surface area contributed by atoms with E-state index in [4.69, 9.17) is 4.74 Å². The number of anilines is 1. The van der Waals surface area contributed by atoms with Gasteiger partial charge in [0.05, 0.1) is 17.7 Å². The maximum absolute atomic E-state index is 14.1. The number of hydrogen-bond acceptors (Lipinski definition) is 5. The molecule has 0 spiro atoms. The summed E-state index contributed by atoms with van der Waals surface area (Å²) >= 11 is 0. The topological polar surface area (TPSA) is 96.0 Å². The summed E-state index contributed by atoms with van der Waals surface area (Å²) < 4.78 is 34.2. The second kappa shape index (κ2) is 14.2. The lowest BCUT2D eigenvalue weighted by molar-refractivity contribution is -0.140. The van der Waals surface area contributed by atoms with Crippen molar-refractivity contribution in [2.24, 2.45) is 0 Å².